The first-order chi connectivity index (χ1) is 19.5. The Morgan fingerprint density at radius 1 is 0.975 bits per heavy atom. The fourth-order valence-electron chi connectivity index (χ4n) is 5.04. The van der Waals surface area contributed by atoms with Gasteiger partial charge in [-0.15, -0.1) is 10.2 Å². The van der Waals surface area contributed by atoms with Crippen LogP contribution in [0.25, 0.3) is 11.4 Å². The molecule has 0 saturated carbocycles. The summed E-state index contributed by atoms with van der Waals surface area (Å²) >= 11 is 0. The van der Waals surface area contributed by atoms with Gasteiger partial charge in [-0.3, -0.25) is 9.80 Å². The maximum atomic E-state index is 13.4. The number of unbranched alkanes of at least 4 members (excludes halogenated alkanes) is 1. The van der Waals surface area contributed by atoms with Crippen molar-refractivity contribution in [1.29, 1.82) is 0 Å². The first kappa shape index (κ1) is 27.4. The lowest BCUT2D eigenvalue weighted by Crippen LogP contribution is -2.44. The molecule has 1 saturated heterocycles. The minimum Gasteiger partial charge on any atom is -0.494 e. The normalized spacial score (nSPS) is 18.6. The summed E-state index contributed by atoms with van der Waals surface area (Å²) in [6.45, 7) is 5.09. The average molecular weight is 545 g/mol. The van der Waals surface area contributed by atoms with E-state index >= 15 is 0 Å². The number of carbonyl (C=O) groups excluding carboxylic acids is 1. The molecule has 0 radical (unpaired) electrons. The van der Waals surface area contributed by atoms with Gasteiger partial charge in [0, 0.05) is 5.56 Å². The van der Waals surface area contributed by atoms with Gasteiger partial charge in [0.25, 0.3) is 0 Å². The van der Waals surface area contributed by atoms with Crippen LogP contribution < -0.4 is 19.6 Å². The van der Waals surface area contributed by atoms with Gasteiger partial charge in [0.05, 0.1) is 37.8 Å². The van der Waals surface area contributed by atoms with Gasteiger partial charge >= 0.3 is 0 Å². The molecule has 1 amide bonds. The Hall–Kier alpha value is -4.18. The molecular formula is C30H36N6O4. The van der Waals surface area contributed by atoms with E-state index in [9.17, 15) is 4.79 Å². The second-order valence-corrected chi connectivity index (χ2v) is 10.5. The first-order valence-electron chi connectivity index (χ1n) is 13.7. The quantitative estimate of drug-likeness (QED) is 0.331. The van der Waals surface area contributed by atoms with Crippen molar-refractivity contribution in [3.8, 4) is 28.6 Å². The van der Waals surface area contributed by atoms with Gasteiger partial charge in [0.15, 0.2) is 11.5 Å². The van der Waals surface area contributed by atoms with Crippen molar-refractivity contribution < 1.29 is 19.0 Å². The van der Waals surface area contributed by atoms with Crippen LogP contribution in [0.5, 0.6) is 17.2 Å². The van der Waals surface area contributed by atoms with Gasteiger partial charge in [0.1, 0.15) is 5.75 Å². The van der Waals surface area contributed by atoms with Crippen LogP contribution >= 0.6 is 0 Å². The highest BCUT2D eigenvalue weighted by Gasteiger charge is 2.49. The highest BCUT2D eigenvalue weighted by Crippen LogP contribution is 2.43. The number of ether oxygens (including phenoxy) is 3. The SMILES string of the molecule is COc1ccc(C2NN(C3CC=CC=CC3)C(=O)C2(C)C)cc1OCCCCOc1ccc(-c2nn[nH]n2)cc1. The van der Waals surface area contributed by atoms with Gasteiger partial charge in [-0.05, 0) is 86.7 Å². The smallest absolute Gasteiger partial charge is 0.244 e. The fourth-order valence-corrected chi connectivity index (χ4v) is 5.04. The second kappa shape index (κ2) is 12.3. The number of tetrazole rings is 1. The molecule has 2 heterocycles. The molecule has 5 rings (SSSR count). The van der Waals surface area contributed by atoms with E-state index in [1.807, 2.05) is 73.5 Å². The summed E-state index contributed by atoms with van der Waals surface area (Å²) in [5.74, 6) is 2.78. The van der Waals surface area contributed by atoms with Crippen LogP contribution in [0.4, 0.5) is 0 Å². The second-order valence-electron chi connectivity index (χ2n) is 10.5. The third kappa shape index (κ3) is 6.02. The number of allylic oxidation sites excluding steroid dienone is 2. The zero-order valence-electron chi connectivity index (χ0n) is 23.2. The lowest BCUT2D eigenvalue weighted by Gasteiger charge is -2.26. The average Bonchev–Trinajstić information content (AvgIpc) is 3.48. The lowest BCUT2D eigenvalue weighted by atomic mass is 9.81. The van der Waals surface area contributed by atoms with Crippen molar-refractivity contribution in [3.63, 3.8) is 0 Å². The number of rotatable bonds is 11. The highest BCUT2D eigenvalue weighted by molar-refractivity contribution is 5.85. The molecule has 3 aromatic rings. The number of amides is 1. The van der Waals surface area contributed by atoms with Crippen molar-refractivity contribution in [1.82, 2.24) is 31.1 Å². The molecule has 1 aliphatic heterocycles. The molecule has 0 bridgehead atoms. The summed E-state index contributed by atoms with van der Waals surface area (Å²) < 4.78 is 17.6. The van der Waals surface area contributed by atoms with Crippen molar-refractivity contribution in [2.24, 2.45) is 5.41 Å². The summed E-state index contributed by atoms with van der Waals surface area (Å²) in [6.07, 6.45) is 11.6. The molecule has 0 spiro atoms. The van der Waals surface area contributed by atoms with E-state index in [4.69, 9.17) is 14.2 Å². The first-order valence-corrected chi connectivity index (χ1v) is 13.7. The predicted molar refractivity (Wildman–Crippen MR) is 151 cm³/mol. The number of hydrazine groups is 1. The number of nitrogens with one attached hydrogen (secondary N) is 2. The van der Waals surface area contributed by atoms with Gasteiger partial charge < -0.3 is 14.2 Å². The van der Waals surface area contributed by atoms with Crippen LogP contribution in [0.3, 0.4) is 0 Å². The topological polar surface area (TPSA) is 114 Å². The van der Waals surface area contributed by atoms with Crippen molar-refractivity contribution in [2.45, 2.75) is 51.6 Å². The number of benzene rings is 2. The minimum atomic E-state index is -0.604. The number of carbonyl (C=O) groups is 1. The molecule has 2 aliphatic rings. The molecule has 1 aromatic heterocycles. The Kier molecular flexibility index (Phi) is 8.45. The Morgan fingerprint density at radius 2 is 1.70 bits per heavy atom. The van der Waals surface area contributed by atoms with E-state index < -0.39 is 5.41 Å². The molecule has 2 aromatic carbocycles. The Morgan fingerprint density at radius 3 is 2.38 bits per heavy atom. The fraction of sp³-hybridized carbons (Fsp3) is 0.400. The van der Waals surface area contributed by atoms with E-state index in [-0.39, 0.29) is 18.0 Å². The number of methoxy groups -OCH3 is 1. The Balaban J connectivity index is 1.15. The van der Waals surface area contributed by atoms with Crippen molar-refractivity contribution in [2.75, 3.05) is 20.3 Å². The van der Waals surface area contributed by atoms with Crippen molar-refractivity contribution >= 4 is 5.91 Å². The van der Waals surface area contributed by atoms with E-state index in [1.54, 1.807) is 7.11 Å². The third-order valence-electron chi connectivity index (χ3n) is 7.37. The van der Waals surface area contributed by atoms with Gasteiger partial charge in [-0.25, -0.2) is 5.43 Å². The van der Waals surface area contributed by atoms with E-state index in [0.29, 0.717) is 30.5 Å². The summed E-state index contributed by atoms with van der Waals surface area (Å²) in [4.78, 5) is 13.4. The standard InChI is InChI=1S/C30H36N6O4/c1-30(2)27(33-36(29(30)37)23-10-6-4-5-7-11-23)22-14-17-25(38-3)26(20-22)40-19-9-8-18-39-24-15-12-21(13-16-24)28-31-34-35-32-28/h4-7,12-17,20,23,27,33H,8-11,18-19H2,1-3H3,(H,31,32,34,35). The lowest BCUT2D eigenvalue weighted by molar-refractivity contribution is -0.138. The van der Waals surface area contributed by atoms with Gasteiger partial charge in [0.2, 0.25) is 11.7 Å². The Labute approximate surface area is 234 Å². The highest BCUT2D eigenvalue weighted by atomic mass is 16.5. The minimum absolute atomic E-state index is 0.0892. The van der Waals surface area contributed by atoms with E-state index in [1.165, 1.54) is 0 Å². The summed E-state index contributed by atoms with van der Waals surface area (Å²) in [6, 6.07) is 13.4. The van der Waals surface area contributed by atoms with Crippen LogP contribution in [0.1, 0.15) is 51.1 Å². The largest absolute Gasteiger partial charge is 0.494 e. The number of H-pyrrole nitrogens is 1. The summed E-state index contributed by atoms with van der Waals surface area (Å²) in [5, 5.41) is 15.8. The molecule has 210 valence electrons. The monoisotopic (exact) mass is 544 g/mol. The van der Waals surface area contributed by atoms with Gasteiger partial charge in [-0.2, -0.15) is 5.21 Å². The van der Waals surface area contributed by atoms with Crippen LogP contribution in [-0.4, -0.2) is 57.9 Å². The van der Waals surface area contributed by atoms with Crippen LogP contribution in [0.15, 0.2) is 66.8 Å². The van der Waals surface area contributed by atoms with Crippen LogP contribution in [0.2, 0.25) is 0 Å². The molecular weight excluding hydrogens is 508 g/mol. The molecule has 10 nitrogen and oxygen atoms in total. The summed E-state index contributed by atoms with van der Waals surface area (Å²) in [5.41, 5.74) is 4.77. The molecule has 2 N–H and O–H groups in total. The van der Waals surface area contributed by atoms with Crippen LogP contribution in [0, 0.1) is 5.41 Å². The summed E-state index contributed by atoms with van der Waals surface area (Å²) in [7, 11) is 1.63. The maximum absolute atomic E-state index is 13.4. The van der Waals surface area contributed by atoms with E-state index in [0.717, 1.165) is 42.6 Å². The molecule has 1 atom stereocenters. The number of nitrogens with zero attached hydrogens (tertiary/aromatic N) is 4. The number of aromatic amines is 1. The van der Waals surface area contributed by atoms with E-state index in [2.05, 4.69) is 38.2 Å². The zero-order valence-corrected chi connectivity index (χ0v) is 23.2. The molecule has 40 heavy (non-hydrogen) atoms. The molecule has 1 aliphatic carbocycles. The number of aromatic nitrogens is 4. The molecule has 1 unspecified atom stereocenters. The Bertz CT molecular complexity index is 1320. The third-order valence-corrected chi connectivity index (χ3v) is 7.37. The van der Waals surface area contributed by atoms with Crippen molar-refractivity contribution in [3.05, 3.63) is 72.3 Å². The predicted octanol–water partition coefficient (Wildman–Crippen LogP) is 4.80. The van der Waals surface area contributed by atoms with Crippen LogP contribution in [-0.2, 0) is 4.79 Å². The number of hydrogen-bond donors (Lipinski definition) is 2. The molecule has 1 fully saturated rings. The molecule has 10 heteroatoms. The van der Waals surface area contributed by atoms with Gasteiger partial charge in [-0.1, -0.05) is 30.4 Å². The number of hydrogen-bond acceptors (Lipinski definition) is 8. The zero-order chi connectivity index (χ0) is 28.0. The maximum Gasteiger partial charge on any atom is 0.244 e.